The highest BCUT2D eigenvalue weighted by Gasteiger charge is 2.36. The van der Waals surface area contributed by atoms with Gasteiger partial charge in [-0.3, -0.25) is 4.79 Å². The molecule has 0 spiro atoms. The van der Waals surface area contributed by atoms with Crippen LogP contribution in [0.4, 0.5) is 0 Å². The highest BCUT2D eigenvalue weighted by molar-refractivity contribution is 6.02. The Morgan fingerprint density at radius 1 is 1.10 bits per heavy atom. The smallest absolute Gasteiger partial charge is 0.165 e. The minimum atomic E-state index is -0.421. The molecule has 2 aromatic rings. The van der Waals surface area contributed by atoms with Crippen LogP contribution in [0, 0.1) is 0 Å². The normalized spacial score (nSPS) is 20.8. The molecule has 0 saturated heterocycles. The molecule has 0 aliphatic carbocycles. The molecular weight excluding hydrogens is 262 g/mol. The third-order valence-electron chi connectivity index (χ3n) is 3.87. The van der Waals surface area contributed by atoms with Crippen LogP contribution < -0.4 is 0 Å². The van der Waals surface area contributed by atoms with Crippen molar-refractivity contribution in [1.82, 2.24) is 0 Å². The Kier molecular flexibility index (Phi) is 3.34. The zero-order valence-corrected chi connectivity index (χ0v) is 12.2. The second-order valence-electron chi connectivity index (χ2n) is 5.54. The summed E-state index contributed by atoms with van der Waals surface area (Å²) in [6, 6.07) is 17.6. The Hall–Kier alpha value is -2.42. The van der Waals surface area contributed by atoms with E-state index < -0.39 is 5.60 Å². The Balaban J connectivity index is 1.82. The van der Waals surface area contributed by atoms with Crippen LogP contribution >= 0.6 is 0 Å². The predicted octanol–water partition coefficient (Wildman–Crippen LogP) is 3.93. The fourth-order valence-corrected chi connectivity index (χ4v) is 2.54. The lowest BCUT2D eigenvalue weighted by atomic mass is 9.89. The van der Waals surface area contributed by atoms with Crippen molar-refractivity contribution < 1.29 is 9.63 Å². The van der Waals surface area contributed by atoms with Crippen LogP contribution in [0.3, 0.4) is 0 Å². The van der Waals surface area contributed by atoms with E-state index in [2.05, 4.69) is 17.3 Å². The number of rotatable bonds is 3. The Morgan fingerprint density at radius 2 is 1.76 bits per heavy atom. The average Bonchev–Trinajstić information content (AvgIpc) is 2.92. The molecule has 1 aliphatic rings. The van der Waals surface area contributed by atoms with Crippen LogP contribution in [0.15, 0.2) is 59.8 Å². The van der Waals surface area contributed by atoms with Gasteiger partial charge in [0.1, 0.15) is 0 Å². The van der Waals surface area contributed by atoms with Gasteiger partial charge in [0, 0.05) is 12.0 Å². The van der Waals surface area contributed by atoms with Crippen molar-refractivity contribution in [2.45, 2.75) is 25.9 Å². The first-order valence-corrected chi connectivity index (χ1v) is 7.00. The number of oxime groups is 1. The van der Waals surface area contributed by atoms with Gasteiger partial charge in [0.2, 0.25) is 0 Å². The molecule has 0 saturated carbocycles. The van der Waals surface area contributed by atoms with Gasteiger partial charge in [0.15, 0.2) is 11.4 Å². The maximum atomic E-state index is 11.3. The van der Waals surface area contributed by atoms with Gasteiger partial charge >= 0.3 is 0 Å². The van der Waals surface area contributed by atoms with E-state index in [1.807, 2.05) is 49.4 Å². The van der Waals surface area contributed by atoms with E-state index in [4.69, 9.17) is 4.84 Å². The third-order valence-corrected chi connectivity index (χ3v) is 3.87. The summed E-state index contributed by atoms with van der Waals surface area (Å²) in [5, 5.41) is 4.24. The summed E-state index contributed by atoms with van der Waals surface area (Å²) >= 11 is 0. The molecule has 1 unspecified atom stereocenters. The number of carbonyl (C=O) groups excluding carboxylic acids is 1. The summed E-state index contributed by atoms with van der Waals surface area (Å²) in [5.41, 5.74) is 3.32. The Bertz CT molecular complexity index is 689. The minimum absolute atomic E-state index is 0.0697. The monoisotopic (exact) mass is 279 g/mol. The maximum absolute atomic E-state index is 11.3. The van der Waals surface area contributed by atoms with E-state index in [1.54, 1.807) is 6.92 Å². The summed E-state index contributed by atoms with van der Waals surface area (Å²) < 4.78 is 0. The van der Waals surface area contributed by atoms with E-state index >= 15 is 0 Å². The number of hydrogen-bond acceptors (Lipinski definition) is 3. The Labute approximate surface area is 124 Å². The van der Waals surface area contributed by atoms with E-state index in [0.29, 0.717) is 5.56 Å². The van der Waals surface area contributed by atoms with Crippen molar-refractivity contribution in [3.05, 3.63) is 71.3 Å². The summed E-state index contributed by atoms with van der Waals surface area (Å²) in [6.45, 7) is 3.61. The molecule has 2 aromatic carbocycles. The van der Waals surface area contributed by atoms with E-state index in [1.165, 1.54) is 0 Å². The first-order chi connectivity index (χ1) is 10.1. The van der Waals surface area contributed by atoms with Crippen molar-refractivity contribution >= 4 is 11.5 Å². The molecular formula is C18H17NO2. The van der Waals surface area contributed by atoms with Gasteiger partial charge < -0.3 is 4.84 Å². The molecule has 0 fully saturated rings. The lowest BCUT2D eigenvalue weighted by molar-refractivity contribution is -0.00738. The molecule has 1 aliphatic heterocycles. The van der Waals surface area contributed by atoms with Crippen molar-refractivity contribution in [1.29, 1.82) is 0 Å². The van der Waals surface area contributed by atoms with E-state index in [0.717, 1.165) is 23.3 Å². The zero-order chi connectivity index (χ0) is 14.9. The predicted molar refractivity (Wildman–Crippen MR) is 82.5 cm³/mol. The maximum Gasteiger partial charge on any atom is 0.165 e. The molecule has 0 amide bonds. The fourth-order valence-electron chi connectivity index (χ4n) is 2.54. The number of Topliss-reactive ketones (excluding diaryl/α,β-unsaturated/α-hetero) is 1. The fraction of sp³-hybridized carbons (Fsp3) is 0.222. The molecule has 21 heavy (non-hydrogen) atoms. The molecule has 106 valence electrons. The van der Waals surface area contributed by atoms with Crippen molar-refractivity contribution in [2.75, 3.05) is 0 Å². The standard InChI is InChI=1S/C18H17NO2/c1-13(20)14-8-10-15(11-9-14)17-12-18(2,21-19-17)16-6-4-3-5-7-16/h3-11H,12H2,1-2H3. The van der Waals surface area contributed by atoms with Crippen LogP contribution in [0.25, 0.3) is 0 Å². The summed E-state index contributed by atoms with van der Waals surface area (Å²) in [6.07, 6.45) is 0.719. The number of benzene rings is 2. The van der Waals surface area contributed by atoms with E-state index in [9.17, 15) is 4.79 Å². The van der Waals surface area contributed by atoms with Crippen LogP contribution in [-0.4, -0.2) is 11.5 Å². The van der Waals surface area contributed by atoms with Gasteiger partial charge in [0.05, 0.1) is 5.71 Å². The number of hydrogen-bond donors (Lipinski definition) is 0. The van der Waals surface area contributed by atoms with Crippen LogP contribution in [0.1, 0.15) is 41.8 Å². The lowest BCUT2D eigenvalue weighted by Gasteiger charge is -2.21. The average molecular weight is 279 g/mol. The van der Waals surface area contributed by atoms with Crippen molar-refractivity contribution in [3.63, 3.8) is 0 Å². The van der Waals surface area contributed by atoms with Gasteiger partial charge in [-0.25, -0.2) is 0 Å². The largest absolute Gasteiger partial charge is 0.384 e. The quantitative estimate of drug-likeness (QED) is 0.798. The molecule has 3 rings (SSSR count). The van der Waals surface area contributed by atoms with Gasteiger partial charge in [-0.05, 0) is 25.0 Å². The molecule has 1 atom stereocenters. The van der Waals surface area contributed by atoms with E-state index in [-0.39, 0.29) is 5.78 Å². The topological polar surface area (TPSA) is 38.7 Å². The highest BCUT2D eigenvalue weighted by Crippen LogP contribution is 2.35. The molecule has 0 bridgehead atoms. The SMILES string of the molecule is CC(=O)c1ccc(C2=NOC(C)(c3ccccc3)C2)cc1. The second-order valence-corrected chi connectivity index (χ2v) is 5.54. The zero-order valence-electron chi connectivity index (χ0n) is 12.2. The molecule has 0 radical (unpaired) electrons. The molecule has 3 nitrogen and oxygen atoms in total. The van der Waals surface area contributed by atoms with Gasteiger partial charge in [-0.1, -0.05) is 59.8 Å². The summed E-state index contributed by atoms with van der Waals surface area (Å²) in [4.78, 5) is 17.0. The molecule has 1 heterocycles. The minimum Gasteiger partial charge on any atom is -0.384 e. The first kappa shape index (κ1) is 13.6. The molecule has 0 aromatic heterocycles. The Morgan fingerprint density at radius 3 is 2.38 bits per heavy atom. The van der Waals surface area contributed by atoms with Crippen molar-refractivity contribution in [3.8, 4) is 0 Å². The lowest BCUT2D eigenvalue weighted by Crippen LogP contribution is -2.21. The van der Waals surface area contributed by atoms with Gasteiger partial charge in [-0.2, -0.15) is 0 Å². The van der Waals surface area contributed by atoms with Gasteiger partial charge in [-0.15, -0.1) is 0 Å². The van der Waals surface area contributed by atoms with Gasteiger partial charge in [0.25, 0.3) is 0 Å². The summed E-state index contributed by atoms with van der Waals surface area (Å²) in [5.74, 6) is 0.0697. The van der Waals surface area contributed by atoms with Crippen molar-refractivity contribution in [2.24, 2.45) is 5.16 Å². The number of carbonyl (C=O) groups is 1. The second kappa shape index (κ2) is 5.17. The number of ketones is 1. The summed E-state index contributed by atoms with van der Waals surface area (Å²) in [7, 11) is 0. The molecule has 3 heteroatoms. The van der Waals surface area contributed by atoms with Crippen LogP contribution in [0.5, 0.6) is 0 Å². The highest BCUT2D eigenvalue weighted by atomic mass is 16.7. The first-order valence-electron chi connectivity index (χ1n) is 7.00. The van der Waals surface area contributed by atoms with Crippen LogP contribution in [-0.2, 0) is 10.4 Å². The molecule has 0 N–H and O–H groups in total. The number of nitrogens with zero attached hydrogens (tertiary/aromatic N) is 1. The third kappa shape index (κ3) is 2.59. The van der Waals surface area contributed by atoms with Crippen LogP contribution in [0.2, 0.25) is 0 Å².